The minimum atomic E-state index is -0.713. The van der Waals surface area contributed by atoms with Crippen LogP contribution in [0.4, 0.5) is 0 Å². The van der Waals surface area contributed by atoms with Gasteiger partial charge in [0.1, 0.15) is 6.61 Å². The van der Waals surface area contributed by atoms with Crippen molar-refractivity contribution < 1.29 is 14.3 Å². The Morgan fingerprint density at radius 1 is 1.47 bits per heavy atom. The van der Waals surface area contributed by atoms with Gasteiger partial charge in [-0.15, -0.1) is 0 Å². The minimum Gasteiger partial charge on any atom is -0.369 e. The van der Waals surface area contributed by atoms with Crippen molar-refractivity contribution in [3.05, 3.63) is 0 Å². The van der Waals surface area contributed by atoms with Crippen molar-refractivity contribution >= 4 is 5.91 Å². The number of carbonyl (C=O) groups excluding carboxylic acids is 1. The summed E-state index contributed by atoms with van der Waals surface area (Å²) < 4.78 is 10.5. The summed E-state index contributed by atoms with van der Waals surface area (Å²) in [5.74, 6) is -0.0126. The van der Waals surface area contributed by atoms with E-state index in [1.54, 1.807) is 12.0 Å². The molecule has 0 bridgehead atoms. The Labute approximate surface area is 102 Å². The van der Waals surface area contributed by atoms with Crippen LogP contribution in [0.5, 0.6) is 0 Å². The number of nitrogens with zero attached hydrogens (tertiary/aromatic N) is 2. The highest BCUT2D eigenvalue weighted by Crippen LogP contribution is 2.24. The van der Waals surface area contributed by atoms with Crippen molar-refractivity contribution in [3.8, 4) is 6.07 Å². The molecule has 0 atom stereocenters. The molecule has 1 aliphatic heterocycles. The molecule has 0 N–H and O–H groups in total. The molecule has 1 rings (SSSR count). The van der Waals surface area contributed by atoms with E-state index in [1.165, 1.54) is 0 Å². The fourth-order valence-electron chi connectivity index (χ4n) is 1.81. The zero-order chi connectivity index (χ0) is 12.9. The molecule has 0 aromatic heterocycles. The van der Waals surface area contributed by atoms with Gasteiger partial charge < -0.3 is 14.4 Å². The summed E-state index contributed by atoms with van der Waals surface area (Å²) in [7, 11) is 1.54. The Kier molecular flexibility index (Phi) is 4.91. The second-order valence-electron chi connectivity index (χ2n) is 4.55. The van der Waals surface area contributed by atoms with Crippen molar-refractivity contribution in [2.24, 2.45) is 0 Å². The molecule has 1 saturated heterocycles. The number of amides is 1. The second kappa shape index (κ2) is 5.99. The molecule has 5 heteroatoms. The van der Waals surface area contributed by atoms with Crippen molar-refractivity contribution in [3.63, 3.8) is 0 Å². The quantitative estimate of drug-likeness (QED) is 0.733. The molecule has 0 saturated carbocycles. The maximum Gasteiger partial charge on any atom is 0.248 e. The first-order chi connectivity index (χ1) is 8.03. The number of nitriles is 1. The number of hydrogen-bond donors (Lipinski definition) is 0. The Hall–Kier alpha value is -1.12. The average molecular weight is 240 g/mol. The molecular formula is C12H20N2O3. The number of hydrogen-bond acceptors (Lipinski definition) is 4. The van der Waals surface area contributed by atoms with Crippen molar-refractivity contribution in [1.29, 1.82) is 5.26 Å². The van der Waals surface area contributed by atoms with Crippen molar-refractivity contribution in [1.82, 2.24) is 4.90 Å². The molecule has 1 amide bonds. The predicted octanol–water partition coefficient (Wildman–Crippen LogP) is 0.943. The molecule has 17 heavy (non-hydrogen) atoms. The highest BCUT2D eigenvalue weighted by molar-refractivity contribution is 5.77. The predicted molar refractivity (Wildman–Crippen MR) is 62.3 cm³/mol. The molecule has 1 aliphatic rings. The van der Waals surface area contributed by atoms with Gasteiger partial charge in [-0.05, 0) is 13.8 Å². The van der Waals surface area contributed by atoms with Crippen LogP contribution in [-0.4, -0.2) is 49.3 Å². The number of methoxy groups -OCH3 is 1. The van der Waals surface area contributed by atoms with E-state index in [4.69, 9.17) is 14.7 Å². The molecular weight excluding hydrogens is 220 g/mol. The van der Waals surface area contributed by atoms with Crippen LogP contribution in [0.25, 0.3) is 0 Å². The molecule has 0 spiro atoms. The molecule has 0 aromatic rings. The zero-order valence-corrected chi connectivity index (χ0v) is 10.7. The van der Waals surface area contributed by atoms with Crippen molar-refractivity contribution in [2.75, 3.05) is 26.8 Å². The SMILES string of the molecule is COC1(C#N)CCN(C(=O)COC(C)C)CC1. The fourth-order valence-corrected chi connectivity index (χ4v) is 1.81. The summed E-state index contributed by atoms with van der Waals surface area (Å²) in [6, 6.07) is 2.19. The fraction of sp³-hybridized carbons (Fsp3) is 0.833. The van der Waals surface area contributed by atoms with Gasteiger partial charge in [0, 0.05) is 33.0 Å². The van der Waals surface area contributed by atoms with Gasteiger partial charge in [-0.3, -0.25) is 4.79 Å². The van der Waals surface area contributed by atoms with Gasteiger partial charge in [-0.25, -0.2) is 0 Å². The lowest BCUT2D eigenvalue weighted by atomic mass is 9.93. The summed E-state index contributed by atoms with van der Waals surface area (Å²) in [6.07, 6.45) is 1.18. The lowest BCUT2D eigenvalue weighted by molar-refractivity contribution is -0.141. The van der Waals surface area contributed by atoms with Crippen LogP contribution >= 0.6 is 0 Å². The first-order valence-corrected chi connectivity index (χ1v) is 5.89. The normalized spacial score (nSPS) is 19.1. The van der Waals surface area contributed by atoms with Crippen LogP contribution in [-0.2, 0) is 14.3 Å². The first kappa shape index (κ1) is 13.9. The van der Waals surface area contributed by atoms with Crippen LogP contribution in [0.1, 0.15) is 26.7 Å². The number of carbonyl (C=O) groups is 1. The van der Waals surface area contributed by atoms with Crippen LogP contribution in [0.15, 0.2) is 0 Å². The van der Waals surface area contributed by atoms with Gasteiger partial charge in [0.05, 0.1) is 12.2 Å². The van der Waals surface area contributed by atoms with Gasteiger partial charge in [0.2, 0.25) is 5.91 Å². The van der Waals surface area contributed by atoms with Crippen LogP contribution < -0.4 is 0 Å². The Balaban J connectivity index is 2.41. The van der Waals surface area contributed by atoms with E-state index in [0.717, 1.165) is 0 Å². The van der Waals surface area contributed by atoms with E-state index in [9.17, 15) is 4.79 Å². The first-order valence-electron chi connectivity index (χ1n) is 5.89. The smallest absolute Gasteiger partial charge is 0.248 e. The molecule has 0 radical (unpaired) electrons. The van der Waals surface area contributed by atoms with E-state index < -0.39 is 5.60 Å². The third kappa shape index (κ3) is 3.69. The summed E-state index contributed by atoms with van der Waals surface area (Å²) in [5.41, 5.74) is -0.713. The van der Waals surface area contributed by atoms with Gasteiger partial charge in [-0.2, -0.15) is 5.26 Å². The highest BCUT2D eigenvalue weighted by atomic mass is 16.5. The number of ether oxygens (including phenoxy) is 2. The largest absolute Gasteiger partial charge is 0.369 e. The molecule has 0 unspecified atom stereocenters. The third-order valence-corrected chi connectivity index (χ3v) is 3.06. The summed E-state index contributed by atoms with van der Waals surface area (Å²) in [6.45, 7) is 5.03. The van der Waals surface area contributed by atoms with Gasteiger partial charge in [0.15, 0.2) is 5.60 Å². The maximum atomic E-state index is 11.8. The van der Waals surface area contributed by atoms with Crippen LogP contribution in [0.3, 0.4) is 0 Å². The van der Waals surface area contributed by atoms with E-state index in [1.807, 2.05) is 13.8 Å². The summed E-state index contributed by atoms with van der Waals surface area (Å²) >= 11 is 0. The zero-order valence-electron chi connectivity index (χ0n) is 10.7. The Morgan fingerprint density at radius 2 is 2.06 bits per heavy atom. The second-order valence-corrected chi connectivity index (χ2v) is 4.55. The Morgan fingerprint density at radius 3 is 2.47 bits per heavy atom. The van der Waals surface area contributed by atoms with Crippen LogP contribution in [0.2, 0.25) is 0 Å². The van der Waals surface area contributed by atoms with E-state index >= 15 is 0 Å². The lowest BCUT2D eigenvalue weighted by Crippen LogP contribution is -2.48. The number of piperidine rings is 1. The standard InChI is InChI=1S/C12H20N2O3/c1-10(2)17-8-11(15)14-6-4-12(9-13,16-3)5-7-14/h10H,4-8H2,1-3H3. The monoisotopic (exact) mass is 240 g/mol. The van der Waals surface area contributed by atoms with E-state index in [0.29, 0.717) is 25.9 Å². The van der Waals surface area contributed by atoms with Crippen LogP contribution in [0, 0.1) is 11.3 Å². The van der Waals surface area contributed by atoms with Gasteiger partial charge >= 0.3 is 0 Å². The molecule has 0 aliphatic carbocycles. The van der Waals surface area contributed by atoms with E-state index in [2.05, 4.69) is 6.07 Å². The van der Waals surface area contributed by atoms with E-state index in [-0.39, 0.29) is 18.6 Å². The molecule has 96 valence electrons. The Bertz CT molecular complexity index is 301. The highest BCUT2D eigenvalue weighted by Gasteiger charge is 2.35. The molecule has 5 nitrogen and oxygen atoms in total. The minimum absolute atomic E-state index is 0.0126. The third-order valence-electron chi connectivity index (χ3n) is 3.06. The summed E-state index contributed by atoms with van der Waals surface area (Å²) in [5, 5.41) is 9.04. The number of rotatable bonds is 4. The number of likely N-dealkylation sites (tertiary alicyclic amines) is 1. The van der Waals surface area contributed by atoms with Gasteiger partial charge in [-0.1, -0.05) is 0 Å². The molecule has 1 heterocycles. The average Bonchev–Trinajstić information content (AvgIpc) is 2.36. The molecule has 0 aromatic carbocycles. The summed E-state index contributed by atoms with van der Waals surface area (Å²) in [4.78, 5) is 13.5. The lowest BCUT2D eigenvalue weighted by Gasteiger charge is -2.36. The topological polar surface area (TPSA) is 62.6 Å². The molecule has 1 fully saturated rings. The maximum absolute atomic E-state index is 11.8. The van der Waals surface area contributed by atoms with Gasteiger partial charge in [0.25, 0.3) is 0 Å². The van der Waals surface area contributed by atoms with Crippen molar-refractivity contribution in [2.45, 2.75) is 38.4 Å².